The highest BCUT2D eigenvalue weighted by molar-refractivity contribution is 5.76. The first-order chi connectivity index (χ1) is 9.21. The molecule has 4 heteroatoms. The van der Waals surface area contributed by atoms with Crippen molar-refractivity contribution in [1.29, 1.82) is 0 Å². The van der Waals surface area contributed by atoms with E-state index in [1.807, 2.05) is 4.90 Å². The van der Waals surface area contributed by atoms with E-state index in [9.17, 15) is 4.79 Å². The lowest BCUT2D eigenvalue weighted by molar-refractivity contribution is -0.132. The number of nitrogens with zero attached hydrogens (tertiary/aromatic N) is 1. The second-order valence-electron chi connectivity index (χ2n) is 5.67. The second kappa shape index (κ2) is 9.32. The number of piperidine rings is 1. The normalized spacial score (nSPS) is 17.8. The summed E-state index contributed by atoms with van der Waals surface area (Å²) in [6.07, 6.45) is 6.48. The molecule has 0 aliphatic carbocycles. The van der Waals surface area contributed by atoms with Gasteiger partial charge in [0.2, 0.25) is 5.91 Å². The number of carbonyl (C=O) groups is 1. The summed E-state index contributed by atoms with van der Waals surface area (Å²) >= 11 is 0. The van der Waals surface area contributed by atoms with E-state index in [1.165, 1.54) is 19.3 Å². The fraction of sp³-hybridized carbons (Fsp3) is 0.933. The molecule has 0 radical (unpaired) electrons. The van der Waals surface area contributed by atoms with Crippen molar-refractivity contribution in [2.75, 3.05) is 26.2 Å². The zero-order chi connectivity index (χ0) is 14.1. The Morgan fingerprint density at radius 3 is 2.37 bits per heavy atom. The maximum Gasteiger partial charge on any atom is 0.224 e. The maximum atomic E-state index is 12.2. The predicted molar refractivity (Wildman–Crippen MR) is 80.0 cm³/mol. The lowest BCUT2D eigenvalue weighted by atomic mass is 10.0. The number of hydrogen-bond acceptors (Lipinski definition) is 3. The van der Waals surface area contributed by atoms with Crippen molar-refractivity contribution < 1.29 is 4.79 Å². The summed E-state index contributed by atoms with van der Waals surface area (Å²) < 4.78 is 0. The first-order valence-corrected chi connectivity index (χ1v) is 7.92. The first-order valence-electron chi connectivity index (χ1n) is 7.92. The molecule has 1 aliphatic rings. The van der Waals surface area contributed by atoms with Crippen LogP contribution >= 0.6 is 0 Å². The van der Waals surface area contributed by atoms with Crippen LogP contribution in [0, 0.1) is 5.92 Å². The van der Waals surface area contributed by atoms with Crippen molar-refractivity contribution in [2.45, 2.75) is 58.4 Å². The zero-order valence-corrected chi connectivity index (χ0v) is 12.7. The molecule has 1 rings (SSSR count). The number of nitrogens with two attached hydrogens (primary N) is 1. The van der Waals surface area contributed by atoms with Crippen LogP contribution in [0.25, 0.3) is 0 Å². The van der Waals surface area contributed by atoms with Crippen molar-refractivity contribution in [3.63, 3.8) is 0 Å². The van der Waals surface area contributed by atoms with Gasteiger partial charge in [-0.3, -0.25) is 4.79 Å². The van der Waals surface area contributed by atoms with Gasteiger partial charge in [0.25, 0.3) is 0 Å². The van der Waals surface area contributed by atoms with Crippen LogP contribution in [0.5, 0.6) is 0 Å². The molecule has 1 unspecified atom stereocenters. The molecule has 19 heavy (non-hydrogen) atoms. The number of carbonyl (C=O) groups excluding carboxylic acids is 1. The lowest BCUT2D eigenvalue weighted by Crippen LogP contribution is -2.44. The summed E-state index contributed by atoms with van der Waals surface area (Å²) in [6.45, 7) is 7.81. The van der Waals surface area contributed by atoms with E-state index in [0.29, 0.717) is 18.9 Å². The molecule has 0 bridgehead atoms. The average molecular weight is 269 g/mol. The van der Waals surface area contributed by atoms with Gasteiger partial charge in [-0.2, -0.15) is 0 Å². The third kappa shape index (κ3) is 5.91. The van der Waals surface area contributed by atoms with E-state index in [-0.39, 0.29) is 11.9 Å². The zero-order valence-electron chi connectivity index (χ0n) is 12.7. The van der Waals surface area contributed by atoms with Gasteiger partial charge >= 0.3 is 0 Å². The van der Waals surface area contributed by atoms with Gasteiger partial charge in [-0.1, -0.05) is 26.7 Å². The maximum absolute atomic E-state index is 12.2. The third-order valence-electron chi connectivity index (χ3n) is 4.26. The van der Waals surface area contributed by atoms with Crippen LogP contribution in [-0.4, -0.2) is 43.0 Å². The first kappa shape index (κ1) is 16.4. The quantitative estimate of drug-likeness (QED) is 0.706. The summed E-state index contributed by atoms with van der Waals surface area (Å²) in [4.78, 5) is 14.2. The van der Waals surface area contributed by atoms with E-state index in [0.717, 1.165) is 32.5 Å². The summed E-state index contributed by atoms with van der Waals surface area (Å²) in [5.41, 5.74) is 5.79. The Kier molecular flexibility index (Phi) is 8.07. The lowest BCUT2D eigenvalue weighted by Gasteiger charge is -2.29. The van der Waals surface area contributed by atoms with E-state index < -0.39 is 0 Å². The van der Waals surface area contributed by atoms with Gasteiger partial charge in [0.1, 0.15) is 0 Å². The molecule has 1 amide bonds. The third-order valence-corrected chi connectivity index (χ3v) is 4.26. The van der Waals surface area contributed by atoms with Gasteiger partial charge in [0, 0.05) is 32.1 Å². The molecular formula is C15H31N3O. The molecule has 0 spiro atoms. The molecule has 4 nitrogen and oxygen atoms in total. The van der Waals surface area contributed by atoms with Crippen LogP contribution in [0.1, 0.15) is 52.4 Å². The van der Waals surface area contributed by atoms with Crippen LogP contribution in [0.2, 0.25) is 0 Å². The van der Waals surface area contributed by atoms with Gasteiger partial charge in [0.15, 0.2) is 0 Å². The molecule has 1 atom stereocenters. The van der Waals surface area contributed by atoms with Crippen molar-refractivity contribution in [2.24, 2.45) is 11.7 Å². The molecule has 1 heterocycles. The molecule has 0 saturated carbocycles. The van der Waals surface area contributed by atoms with Gasteiger partial charge in [0.05, 0.1) is 0 Å². The van der Waals surface area contributed by atoms with E-state index >= 15 is 0 Å². The smallest absolute Gasteiger partial charge is 0.224 e. The summed E-state index contributed by atoms with van der Waals surface area (Å²) in [7, 11) is 0. The molecule has 0 aromatic heterocycles. The fourth-order valence-corrected chi connectivity index (χ4v) is 2.63. The Hall–Kier alpha value is -0.610. The van der Waals surface area contributed by atoms with Crippen LogP contribution in [0.4, 0.5) is 0 Å². The summed E-state index contributed by atoms with van der Waals surface area (Å²) in [6, 6.07) is 0.134. The Labute approximate surface area is 118 Å². The van der Waals surface area contributed by atoms with Crippen molar-refractivity contribution in [3.8, 4) is 0 Å². The minimum atomic E-state index is 0.134. The summed E-state index contributed by atoms with van der Waals surface area (Å²) in [5, 5.41) is 3.47. The van der Waals surface area contributed by atoms with Crippen molar-refractivity contribution >= 4 is 5.91 Å². The van der Waals surface area contributed by atoms with E-state index in [4.69, 9.17) is 5.73 Å². The number of rotatable bonds is 8. The Bertz CT molecular complexity index is 248. The average Bonchev–Trinajstić information content (AvgIpc) is 2.47. The number of nitrogens with one attached hydrogen (secondary N) is 1. The van der Waals surface area contributed by atoms with Crippen LogP contribution in [0.15, 0.2) is 0 Å². The molecule has 1 saturated heterocycles. The standard InChI is InChI=1S/C15H31N3O/c1-3-13(4-2)12-17-14(11-16)10-15(19)18-8-6-5-7-9-18/h13-14,17H,3-12,16H2,1-2H3. The van der Waals surface area contributed by atoms with Crippen molar-refractivity contribution in [3.05, 3.63) is 0 Å². The Balaban J connectivity index is 2.31. The molecule has 1 fully saturated rings. The van der Waals surface area contributed by atoms with Crippen LogP contribution in [0.3, 0.4) is 0 Å². The SMILES string of the molecule is CCC(CC)CNC(CN)CC(=O)N1CCCCC1. The number of hydrogen-bond donors (Lipinski definition) is 2. The monoisotopic (exact) mass is 269 g/mol. The minimum Gasteiger partial charge on any atom is -0.343 e. The highest BCUT2D eigenvalue weighted by atomic mass is 16.2. The largest absolute Gasteiger partial charge is 0.343 e. The summed E-state index contributed by atoms with van der Waals surface area (Å²) in [5.74, 6) is 0.964. The number of amides is 1. The molecular weight excluding hydrogens is 238 g/mol. The predicted octanol–water partition coefficient (Wildman–Crippen LogP) is 1.74. The van der Waals surface area contributed by atoms with E-state index in [1.54, 1.807) is 0 Å². The Morgan fingerprint density at radius 2 is 1.84 bits per heavy atom. The fourth-order valence-electron chi connectivity index (χ4n) is 2.63. The minimum absolute atomic E-state index is 0.134. The van der Waals surface area contributed by atoms with Gasteiger partial charge in [-0.25, -0.2) is 0 Å². The van der Waals surface area contributed by atoms with Gasteiger partial charge in [-0.05, 0) is 31.7 Å². The van der Waals surface area contributed by atoms with Crippen LogP contribution in [-0.2, 0) is 4.79 Å². The molecule has 0 aromatic carbocycles. The molecule has 0 aromatic rings. The topological polar surface area (TPSA) is 58.4 Å². The van der Waals surface area contributed by atoms with E-state index in [2.05, 4.69) is 19.2 Å². The molecule has 3 N–H and O–H groups in total. The molecule has 1 aliphatic heterocycles. The molecule has 112 valence electrons. The second-order valence-corrected chi connectivity index (χ2v) is 5.67. The van der Waals surface area contributed by atoms with Crippen LogP contribution < -0.4 is 11.1 Å². The highest BCUT2D eigenvalue weighted by Crippen LogP contribution is 2.11. The van der Waals surface area contributed by atoms with Gasteiger partial charge < -0.3 is 16.0 Å². The van der Waals surface area contributed by atoms with Gasteiger partial charge in [-0.15, -0.1) is 0 Å². The highest BCUT2D eigenvalue weighted by Gasteiger charge is 2.20. The van der Waals surface area contributed by atoms with Crippen molar-refractivity contribution in [1.82, 2.24) is 10.2 Å². The number of likely N-dealkylation sites (tertiary alicyclic amines) is 1. The Morgan fingerprint density at radius 1 is 1.21 bits per heavy atom.